The second-order valence-electron chi connectivity index (χ2n) is 8.11. The molecule has 3 heterocycles. The molecule has 2 aliphatic rings. The smallest absolute Gasteiger partial charge is 0.135 e. The monoisotopic (exact) mass is 383 g/mol. The number of nitriles is 1. The zero-order valence-electron chi connectivity index (χ0n) is 16.6. The molecule has 146 valence electrons. The van der Waals surface area contributed by atoms with Crippen LogP contribution >= 0.6 is 0 Å². The van der Waals surface area contributed by atoms with Crippen LogP contribution in [-0.2, 0) is 13.0 Å². The van der Waals surface area contributed by atoms with E-state index >= 15 is 0 Å². The average molecular weight is 383 g/mol. The van der Waals surface area contributed by atoms with E-state index in [4.69, 9.17) is 5.26 Å². The third-order valence-corrected chi connectivity index (χ3v) is 6.29. The van der Waals surface area contributed by atoms with E-state index in [-0.39, 0.29) is 0 Å². The van der Waals surface area contributed by atoms with Gasteiger partial charge in [-0.25, -0.2) is 9.97 Å². The molecule has 0 amide bonds. The minimum absolute atomic E-state index is 0.454. The molecule has 1 fully saturated rings. The Bertz CT molecular complexity index is 1070. The first kappa shape index (κ1) is 17.9. The molecule has 29 heavy (non-hydrogen) atoms. The van der Waals surface area contributed by atoms with Crippen molar-refractivity contribution in [2.45, 2.75) is 32.2 Å². The summed E-state index contributed by atoms with van der Waals surface area (Å²) in [6.45, 7) is 3.74. The summed E-state index contributed by atoms with van der Waals surface area (Å²) in [5, 5.41) is 11.6. The van der Waals surface area contributed by atoms with Crippen LogP contribution in [0.1, 0.15) is 30.5 Å². The first-order chi connectivity index (χ1) is 14.3. The molecule has 0 aliphatic carbocycles. The highest BCUT2D eigenvalue weighted by Crippen LogP contribution is 2.33. The van der Waals surface area contributed by atoms with Crippen LogP contribution < -0.4 is 9.80 Å². The van der Waals surface area contributed by atoms with Gasteiger partial charge in [0.2, 0.25) is 0 Å². The van der Waals surface area contributed by atoms with Gasteiger partial charge in [-0.3, -0.25) is 0 Å². The summed E-state index contributed by atoms with van der Waals surface area (Å²) in [6, 6.07) is 17.4. The highest BCUT2D eigenvalue weighted by molar-refractivity contribution is 5.94. The second-order valence-corrected chi connectivity index (χ2v) is 8.11. The van der Waals surface area contributed by atoms with Gasteiger partial charge in [0.15, 0.2) is 0 Å². The lowest BCUT2D eigenvalue weighted by Crippen LogP contribution is -2.38. The first-order valence-electron chi connectivity index (χ1n) is 10.5. The molecule has 5 heteroatoms. The quantitative estimate of drug-likeness (QED) is 0.674. The van der Waals surface area contributed by atoms with Crippen molar-refractivity contribution >= 4 is 22.3 Å². The number of hydrogen-bond donors (Lipinski definition) is 0. The number of anilines is 2. The molecule has 0 saturated carbocycles. The van der Waals surface area contributed by atoms with E-state index in [1.165, 1.54) is 22.0 Å². The van der Waals surface area contributed by atoms with Crippen LogP contribution in [-0.4, -0.2) is 29.6 Å². The number of aromatic nitrogens is 2. The topological polar surface area (TPSA) is 56.1 Å². The van der Waals surface area contributed by atoms with Gasteiger partial charge in [-0.2, -0.15) is 5.26 Å². The number of fused-ring (bicyclic) bond motifs is 2. The molecule has 5 nitrogen and oxygen atoms in total. The number of nitrogens with zero attached hydrogens (tertiary/aromatic N) is 5. The fraction of sp³-hybridized carbons (Fsp3) is 0.375. The fourth-order valence-electron chi connectivity index (χ4n) is 4.85. The van der Waals surface area contributed by atoms with Crippen molar-refractivity contribution in [1.82, 2.24) is 9.97 Å². The molecule has 3 aromatic rings. The number of piperidine rings is 1. The van der Waals surface area contributed by atoms with Gasteiger partial charge in [0.25, 0.3) is 0 Å². The van der Waals surface area contributed by atoms with Crippen LogP contribution in [0, 0.1) is 17.2 Å². The Kier molecular flexibility index (Phi) is 4.77. The van der Waals surface area contributed by atoms with Crippen LogP contribution in [0.2, 0.25) is 0 Å². The van der Waals surface area contributed by atoms with Crippen LogP contribution in [0.5, 0.6) is 0 Å². The van der Waals surface area contributed by atoms with Crippen LogP contribution in [0.15, 0.2) is 48.8 Å². The van der Waals surface area contributed by atoms with E-state index in [2.05, 4.69) is 68.3 Å². The van der Waals surface area contributed by atoms with Crippen molar-refractivity contribution in [3.63, 3.8) is 0 Å². The van der Waals surface area contributed by atoms with Gasteiger partial charge in [-0.1, -0.05) is 36.4 Å². The maximum atomic E-state index is 9.08. The molecule has 0 N–H and O–H groups in total. The summed E-state index contributed by atoms with van der Waals surface area (Å²) in [5.41, 5.74) is 3.71. The Morgan fingerprint density at radius 3 is 2.86 bits per heavy atom. The molecule has 2 aliphatic heterocycles. The lowest BCUT2D eigenvalue weighted by molar-refractivity contribution is 0.419. The van der Waals surface area contributed by atoms with Crippen molar-refractivity contribution in [2.24, 2.45) is 5.92 Å². The zero-order chi connectivity index (χ0) is 19.6. The van der Waals surface area contributed by atoms with Gasteiger partial charge in [-0.15, -0.1) is 0 Å². The van der Waals surface area contributed by atoms with Crippen LogP contribution in [0.25, 0.3) is 10.8 Å². The van der Waals surface area contributed by atoms with Gasteiger partial charge in [0.1, 0.15) is 12.1 Å². The summed E-state index contributed by atoms with van der Waals surface area (Å²) >= 11 is 0. The van der Waals surface area contributed by atoms with Gasteiger partial charge >= 0.3 is 0 Å². The summed E-state index contributed by atoms with van der Waals surface area (Å²) in [4.78, 5) is 14.2. The predicted octanol–water partition coefficient (Wildman–Crippen LogP) is 4.32. The minimum Gasteiger partial charge on any atom is -0.365 e. The van der Waals surface area contributed by atoms with Crippen molar-refractivity contribution in [2.75, 3.05) is 29.4 Å². The van der Waals surface area contributed by atoms with E-state index in [1.54, 1.807) is 6.33 Å². The Hall–Kier alpha value is -3.13. The maximum absolute atomic E-state index is 9.08. The number of hydrogen-bond acceptors (Lipinski definition) is 5. The third-order valence-electron chi connectivity index (χ3n) is 6.29. The first-order valence-corrected chi connectivity index (χ1v) is 10.5. The Balaban J connectivity index is 1.43. The molecule has 0 bridgehead atoms. The van der Waals surface area contributed by atoms with E-state index in [1.807, 2.05) is 0 Å². The van der Waals surface area contributed by atoms with Crippen molar-refractivity contribution in [1.29, 1.82) is 5.26 Å². The third kappa shape index (κ3) is 3.40. The summed E-state index contributed by atoms with van der Waals surface area (Å²) < 4.78 is 0. The van der Waals surface area contributed by atoms with Gasteiger partial charge in [0, 0.05) is 42.7 Å². The summed E-state index contributed by atoms with van der Waals surface area (Å²) in [7, 11) is 0. The molecule has 0 radical (unpaired) electrons. The van der Waals surface area contributed by atoms with Gasteiger partial charge < -0.3 is 9.80 Å². The number of benzene rings is 2. The highest BCUT2D eigenvalue weighted by atomic mass is 15.2. The normalized spacial score (nSPS) is 19.1. The second kappa shape index (κ2) is 7.71. The lowest BCUT2D eigenvalue weighted by atomic mass is 9.94. The fourth-order valence-corrected chi connectivity index (χ4v) is 4.85. The molecule has 1 atom stereocenters. The van der Waals surface area contributed by atoms with Gasteiger partial charge in [0.05, 0.1) is 18.3 Å². The van der Waals surface area contributed by atoms with Crippen molar-refractivity contribution in [3.05, 3.63) is 60.0 Å². The molecule has 2 aromatic carbocycles. The lowest BCUT2D eigenvalue weighted by Gasteiger charge is -2.36. The SMILES string of the molecule is N#CC[C@@H]1CCCN(c2ncnc3c2CCN(c2cccc4ccccc24)C3)C1. The zero-order valence-corrected chi connectivity index (χ0v) is 16.6. The van der Waals surface area contributed by atoms with Crippen LogP contribution in [0.3, 0.4) is 0 Å². The molecule has 1 aromatic heterocycles. The summed E-state index contributed by atoms with van der Waals surface area (Å²) in [5.74, 6) is 1.55. The van der Waals surface area contributed by atoms with Crippen molar-refractivity contribution in [3.8, 4) is 6.07 Å². The maximum Gasteiger partial charge on any atom is 0.135 e. The Labute approximate surface area is 171 Å². The molecular formula is C24H25N5. The van der Waals surface area contributed by atoms with Crippen molar-refractivity contribution < 1.29 is 0 Å². The summed E-state index contributed by atoms with van der Waals surface area (Å²) in [6.07, 6.45) is 5.58. The number of rotatable bonds is 3. The Morgan fingerprint density at radius 2 is 1.93 bits per heavy atom. The highest BCUT2D eigenvalue weighted by Gasteiger charge is 2.27. The van der Waals surface area contributed by atoms with E-state index < -0.39 is 0 Å². The molecule has 0 spiro atoms. The molecular weight excluding hydrogens is 358 g/mol. The average Bonchev–Trinajstić information content (AvgIpc) is 2.78. The molecule has 5 rings (SSSR count). The standard InChI is InChI=1S/C24H25N5/c25-12-10-18-5-4-13-29(15-18)24-21-11-14-28(16-22(21)26-17-27-24)23-9-3-7-19-6-1-2-8-20(19)23/h1-3,6-9,17-18H,4-5,10-11,13-16H2/t18-/m0/s1. The van der Waals surface area contributed by atoms with E-state index in [0.717, 1.165) is 57.0 Å². The molecule has 1 saturated heterocycles. The Morgan fingerprint density at radius 1 is 1.03 bits per heavy atom. The van der Waals surface area contributed by atoms with E-state index in [0.29, 0.717) is 12.3 Å². The predicted molar refractivity (Wildman–Crippen MR) is 116 cm³/mol. The largest absolute Gasteiger partial charge is 0.365 e. The van der Waals surface area contributed by atoms with Gasteiger partial charge in [-0.05, 0) is 36.6 Å². The van der Waals surface area contributed by atoms with E-state index in [9.17, 15) is 0 Å². The molecule has 0 unspecified atom stereocenters. The minimum atomic E-state index is 0.454. The van der Waals surface area contributed by atoms with Crippen LogP contribution in [0.4, 0.5) is 11.5 Å².